The number of carboxylic acid groups (broad SMARTS) is 1. The van der Waals surface area contributed by atoms with Crippen LogP contribution < -0.4 is 0 Å². The van der Waals surface area contributed by atoms with E-state index in [4.69, 9.17) is 9.72 Å². The number of rotatable bonds is 9. The normalized spacial score (nSPS) is 20.1. The molecule has 2 aromatic rings. The molecule has 1 aliphatic heterocycles. The van der Waals surface area contributed by atoms with E-state index in [1.54, 1.807) is 0 Å². The summed E-state index contributed by atoms with van der Waals surface area (Å²) in [6.07, 6.45) is 8.97. The lowest BCUT2D eigenvalue weighted by Crippen LogP contribution is -2.33. The molecule has 0 unspecified atom stereocenters. The molecule has 0 bridgehead atoms. The first kappa shape index (κ1) is 21.0. The van der Waals surface area contributed by atoms with Crippen molar-refractivity contribution in [2.24, 2.45) is 0 Å². The van der Waals surface area contributed by atoms with Crippen molar-refractivity contribution in [2.45, 2.75) is 63.5 Å². The van der Waals surface area contributed by atoms with Gasteiger partial charge in [0.1, 0.15) is 6.04 Å². The number of carbonyl (C=O) groups is 1. The minimum absolute atomic E-state index is 0.123. The van der Waals surface area contributed by atoms with E-state index in [-0.39, 0.29) is 6.10 Å². The second-order valence-corrected chi connectivity index (χ2v) is 8.50. The Balaban J connectivity index is 1.19. The van der Waals surface area contributed by atoms with E-state index in [1.165, 1.54) is 36.2 Å². The summed E-state index contributed by atoms with van der Waals surface area (Å²) in [7, 11) is 0. The number of fused-ring (bicyclic) bond motifs is 1. The summed E-state index contributed by atoms with van der Waals surface area (Å²) in [6.45, 7) is 2.17. The fourth-order valence-electron chi connectivity index (χ4n) is 4.69. The molecule has 0 radical (unpaired) electrons. The van der Waals surface area contributed by atoms with Gasteiger partial charge in [-0.1, -0.05) is 36.4 Å². The average molecular weight is 409 g/mol. The molecule has 1 saturated heterocycles. The number of nitrogens with zero attached hydrogens (tertiary/aromatic N) is 2. The first-order valence-corrected chi connectivity index (χ1v) is 11.3. The van der Waals surface area contributed by atoms with Gasteiger partial charge in [0, 0.05) is 31.1 Å². The number of unbranched alkanes of at least 4 members (excludes halogenated alkanes) is 1. The second-order valence-electron chi connectivity index (χ2n) is 8.50. The molecule has 1 aromatic carbocycles. The molecular formula is C25H32N2O3. The van der Waals surface area contributed by atoms with Crippen molar-refractivity contribution in [3.63, 3.8) is 0 Å². The van der Waals surface area contributed by atoms with E-state index < -0.39 is 12.0 Å². The van der Waals surface area contributed by atoms with Gasteiger partial charge >= 0.3 is 5.97 Å². The predicted molar refractivity (Wildman–Crippen MR) is 117 cm³/mol. The van der Waals surface area contributed by atoms with Crippen LogP contribution in [0.15, 0.2) is 42.5 Å². The van der Waals surface area contributed by atoms with Crippen LogP contribution in [-0.4, -0.2) is 46.8 Å². The third kappa shape index (κ3) is 5.27. The van der Waals surface area contributed by atoms with Crippen molar-refractivity contribution in [1.82, 2.24) is 9.88 Å². The van der Waals surface area contributed by atoms with Crippen molar-refractivity contribution < 1.29 is 14.6 Å². The number of pyridine rings is 1. The van der Waals surface area contributed by atoms with Gasteiger partial charge in [0.15, 0.2) is 0 Å². The molecule has 0 spiro atoms. The Morgan fingerprint density at radius 3 is 2.80 bits per heavy atom. The molecule has 0 saturated carbocycles. The molecule has 5 nitrogen and oxygen atoms in total. The van der Waals surface area contributed by atoms with Gasteiger partial charge in [0.25, 0.3) is 0 Å². The molecule has 0 amide bonds. The first-order valence-electron chi connectivity index (χ1n) is 11.3. The van der Waals surface area contributed by atoms with E-state index >= 15 is 0 Å². The molecule has 1 aliphatic carbocycles. The van der Waals surface area contributed by atoms with Gasteiger partial charge in [-0.3, -0.25) is 14.7 Å². The molecule has 160 valence electrons. The summed E-state index contributed by atoms with van der Waals surface area (Å²) >= 11 is 0. The maximum atomic E-state index is 11.8. The highest BCUT2D eigenvalue weighted by molar-refractivity contribution is 5.75. The number of likely N-dealkylation sites (tertiary alicyclic amines) is 1. The third-order valence-corrected chi connectivity index (χ3v) is 6.31. The summed E-state index contributed by atoms with van der Waals surface area (Å²) in [5.41, 5.74) is 4.79. The van der Waals surface area contributed by atoms with Gasteiger partial charge < -0.3 is 9.84 Å². The van der Waals surface area contributed by atoms with E-state index in [2.05, 4.69) is 12.1 Å². The van der Waals surface area contributed by atoms with Gasteiger partial charge in [0.05, 0.1) is 6.10 Å². The monoisotopic (exact) mass is 408 g/mol. The standard InChI is InChI=1S/C25H32N2O3/c28-25(29)24(20-9-2-1-3-10-20)27-16-15-22(18-27)30-17-7-6-11-21-14-13-19-8-4-5-12-23(19)26-21/h1-3,9-10,13-14,22,24H,4-8,11-12,15-18H2,(H,28,29)/t22-,24-/m1/s1. The minimum atomic E-state index is -0.792. The molecule has 4 rings (SSSR count). The molecule has 2 atom stereocenters. The summed E-state index contributed by atoms with van der Waals surface area (Å²) in [4.78, 5) is 18.7. The molecule has 1 N–H and O–H groups in total. The van der Waals surface area contributed by atoms with Crippen LogP contribution in [0.25, 0.3) is 0 Å². The number of aromatic nitrogens is 1. The van der Waals surface area contributed by atoms with E-state index in [1.807, 2.05) is 35.2 Å². The van der Waals surface area contributed by atoms with Crippen molar-refractivity contribution in [2.75, 3.05) is 19.7 Å². The Kier molecular flexibility index (Phi) is 7.13. The Morgan fingerprint density at radius 2 is 1.97 bits per heavy atom. The molecular weight excluding hydrogens is 376 g/mol. The van der Waals surface area contributed by atoms with E-state index in [0.717, 1.165) is 50.8 Å². The van der Waals surface area contributed by atoms with Crippen molar-refractivity contribution in [1.29, 1.82) is 0 Å². The van der Waals surface area contributed by atoms with Crippen LogP contribution in [0.5, 0.6) is 0 Å². The molecule has 2 heterocycles. The summed E-state index contributed by atoms with van der Waals surface area (Å²) < 4.78 is 6.07. The number of ether oxygens (including phenoxy) is 1. The number of benzene rings is 1. The van der Waals surface area contributed by atoms with Crippen LogP contribution >= 0.6 is 0 Å². The van der Waals surface area contributed by atoms with Crippen LogP contribution in [0.3, 0.4) is 0 Å². The number of hydrogen-bond donors (Lipinski definition) is 1. The van der Waals surface area contributed by atoms with Gasteiger partial charge in [-0.2, -0.15) is 0 Å². The third-order valence-electron chi connectivity index (χ3n) is 6.31. The van der Waals surface area contributed by atoms with Gasteiger partial charge in [-0.25, -0.2) is 0 Å². The van der Waals surface area contributed by atoms with E-state index in [0.29, 0.717) is 6.54 Å². The zero-order chi connectivity index (χ0) is 20.8. The van der Waals surface area contributed by atoms with Crippen molar-refractivity contribution >= 4 is 5.97 Å². The van der Waals surface area contributed by atoms with Crippen LogP contribution in [0.4, 0.5) is 0 Å². The summed E-state index contributed by atoms with van der Waals surface area (Å²) in [5, 5.41) is 9.71. The number of aliphatic carboxylic acids is 1. The zero-order valence-electron chi connectivity index (χ0n) is 17.6. The van der Waals surface area contributed by atoms with E-state index in [9.17, 15) is 9.90 Å². The molecule has 1 aromatic heterocycles. The van der Waals surface area contributed by atoms with Gasteiger partial charge in [-0.05, 0) is 68.6 Å². The van der Waals surface area contributed by atoms with Crippen LogP contribution in [-0.2, 0) is 28.8 Å². The largest absolute Gasteiger partial charge is 0.480 e. The Morgan fingerprint density at radius 1 is 1.13 bits per heavy atom. The fraction of sp³-hybridized carbons (Fsp3) is 0.520. The predicted octanol–water partition coefficient (Wildman–Crippen LogP) is 4.20. The highest BCUT2D eigenvalue weighted by Crippen LogP contribution is 2.27. The Labute approximate surface area is 179 Å². The smallest absolute Gasteiger partial charge is 0.325 e. The van der Waals surface area contributed by atoms with Crippen molar-refractivity contribution in [3.8, 4) is 0 Å². The first-order chi connectivity index (χ1) is 14.7. The Hall–Kier alpha value is -2.24. The SMILES string of the molecule is O=C(O)[C@@H](c1ccccc1)N1CC[C@@H](OCCCCc2ccc3c(n2)CCCC3)C1. The second kappa shape index (κ2) is 10.2. The van der Waals surface area contributed by atoms with Crippen LogP contribution in [0.2, 0.25) is 0 Å². The molecule has 2 aliphatic rings. The van der Waals surface area contributed by atoms with Crippen molar-refractivity contribution in [3.05, 3.63) is 65.0 Å². The maximum absolute atomic E-state index is 11.8. The molecule has 1 fully saturated rings. The minimum Gasteiger partial charge on any atom is -0.480 e. The average Bonchev–Trinajstić information content (AvgIpc) is 3.22. The lowest BCUT2D eigenvalue weighted by Gasteiger charge is -2.24. The highest BCUT2D eigenvalue weighted by atomic mass is 16.5. The van der Waals surface area contributed by atoms with Gasteiger partial charge in [-0.15, -0.1) is 0 Å². The fourth-order valence-corrected chi connectivity index (χ4v) is 4.69. The lowest BCUT2D eigenvalue weighted by atomic mass is 9.95. The number of hydrogen-bond acceptors (Lipinski definition) is 4. The van der Waals surface area contributed by atoms with Crippen LogP contribution in [0.1, 0.15) is 60.7 Å². The molecule has 5 heteroatoms. The zero-order valence-corrected chi connectivity index (χ0v) is 17.6. The highest BCUT2D eigenvalue weighted by Gasteiger charge is 2.33. The number of aryl methyl sites for hydroxylation is 3. The lowest BCUT2D eigenvalue weighted by molar-refractivity contribution is -0.143. The van der Waals surface area contributed by atoms with Gasteiger partial charge in [0.2, 0.25) is 0 Å². The number of carboxylic acids is 1. The molecule has 30 heavy (non-hydrogen) atoms. The topological polar surface area (TPSA) is 62.7 Å². The maximum Gasteiger partial charge on any atom is 0.325 e. The summed E-state index contributed by atoms with van der Waals surface area (Å²) in [6, 6.07) is 13.4. The Bertz CT molecular complexity index is 840. The quantitative estimate of drug-likeness (QED) is 0.630. The summed E-state index contributed by atoms with van der Waals surface area (Å²) in [5.74, 6) is -0.792. The van der Waals surface area contributed by atoms with Crippen LogP contribution in [0, 0.1) is 0 Å².